The Kier molecular flexibility index (Phi) is 19.2. The molecule has 0 atom stereocenters. The second kappa shape index (κ2) is 22.6. The minimum atomic E-state index is -0.338. The third-order valence-corrected chi connectivity index (χ3v) is 7.78. The Morgan fingerprint density at radius 1 is 0.889 bits per heavy atom. The lowest BCUT2D eigenvalue weighted by Gasteiger charge is -2.26. The lowest BCUT2D eigenvalue weighted by atomic mass is 10.1. The molecular weight excluding hydrogens is 629 g/mol. The van der Waals surface area contributed by atoms with E-state index in [1.807, 2.05) is 81.4 Å². The quantitative estimate of drug-likeness (QED) is 0.0850. The number of thioether (sulfide) groups is 1. The molecule has 0 aliphatic carbocycles. The Hall–Kier alpha value is -2.91. The predicted molar refractivity (Wildman–Crippen MR) is 188 cm³/mol. The molecule has 3 rings (SSSR count). The number of hydrogen-bond acceptors (Lipinski definition) is 7. The molecule has 1 aromatic heterocycles. The van der Waals surface area contributed by atoms with Crippen molar-refractivity contribution in [3.05, 3.63) is 83.0 Å². The SMILES string of the molecule is CCCCCCCCSC(=O)Oc1cc(Cl)nnc1-c1ccccc1.CCOCCN(C(=O)CCl)C(=C(C)C)c1ccccc1. The van der Waals surface area contributed by atoms with Gasteiger partial charge in [0.25, 0.3) is 0 Å². The van der Waals surface area contributed by atoms with Crippen LogP contribution < -0.4 is 4.74 Å². The van der Waals surface area contributed by atoms with Crippen LogP contribution >= 0.6 is 35.0 Å². The van der Waals surface area contributed by atoms with Crippen molar-refractivity contribution in [3.63, 3.8) is 0 Å². The number of ether oxygens (including phenoxy) is 2. The summed E-state index contributed by atoms with van der Waals surface area (Å²) in [5, 5.41) is 7.78. The van der Waals surface area contributed by atoms with Crippen LogP contribution in [-0.2, 0) is 9.53 Å². The van der Waals surface area contributed by atoms with Crippen LogP contribution in [0.3, 0.4) is 0 Å². The zero-order chi connectivity index (χ0) is 32.9. The molecular formula is C35H45Cl2N3O4S. The molecule has 0 bridgehead atoms. The first-order chi connectivity index (χ1) is 21.8. The largest absolute Gasteiger partial charge is 0.416 e. The zero-order valence-corrected chi connectivity index (χ0v) is 29.1. The highest BCUT2D eigenvalue weighted by molar-refractivity contribution is 8.13. The molecule has 7 nitrogen and oxygen atoms in total. The molecule has 0 radical (unpaired) electrons. The smallest absolute Gasteiger partial charge is 0.372 e. The molecule has 0 aliphatic rings. The van der Waals surface area contributed by atoms with Crippen molar-refractivity contribution in [3.8, 4) is 17.0 Å². The van der Waals surface area contributed by atoms with Crippen molar-refractivity contribution in [2.24, 2.45) is 0 Å². The maximum atomic E-state index is 12.1. The number of alkyl halides is 1. The lowest BCUT2D eigenvalue weighted by molar-refractivity contribution is -0.125. The third kappa shape index (κ3) is 14.4. The molecule has 0 fully saturated rings. The summed E-state index contributed by atoms with van der Waals surface area (Å²) in [5.41, 5.74) is 4.35. The maximum absolute atomic E-state index is 12.1. The van der Waals surface area contributed by atoms with Gasteiger partial charge in [-0.05, 0) is 44.5 Å². The maximum Gasteiger partial charge on any atom is 0.372 e. The standard InChI is InChI=1S/C19H23ClN2O2S.C16H22ClNO2/c1-2-3-4-5-6-10-13-25-19(23)24-16-14-17(20)21-22-18(16)15-11-8-7-9-12-15;1-4-20-11-10-18(15(19)12-17)16(13(2)3)14-8-6-5-7-9-14/h7-9,11-12,14H,2-6,10,13H2,1H3;5-9H,4,10-12H2,1-3H3. The van der Waals surface area contributed by atoms with Crippen LogP contribution in [0.1, 0.15) is 71.8 Å². The van der Waals surface area contributed by atoms with Gasteiger partial charge in [-0.15, -0.1) is 21.8 Å². The second-order valence-corrected chi connectivity index (χ2v) is 12.0. The highest BCUT2D eigenvalue weighted by atomic mass is 35.5. The number of unbranched alkanes of at least 4 members (excludes halogenated alkanes) is 5. The average molecular weight is 675 g/mol. The van der Waals surface area contributed by atoms with Gasteiger partial charge >= 0.3 is 5.30 Å². The lowest BCUT2D eigenvalue weighted by Crippen LogP contribution is -2.34. The van der Waals surface area contributed by atoms with Crippen LogP contribution in [0.5, 0.6) is 5.75 Å². The summed E-state index contributed by atoms with van der Waals surface area (Å²) < 4.78 is 10.8. The first-order valence-electron chi connectivity index (χ1n) is 15.4. The molecule has 0 unspecified atom stereocenters. The monoisotopic (exact) mass is 673 g/mol. The summed E-state index contributed by atoms with van der Waals surface area (Å²) >= 11 is 12.8. The van der Waals surface area contributed by atoms with Crippen LogP contribution in [0.4, 0.5) is 4.79 Å². The fraction of sp³-hybridized carbons (Fsp3) is 0.429. The highest BCUT2D eigenvalue weighted by Crippen LogP contribution is 2.30. The Morgan fingerprint density at radius 2 is 1.53 bits per heavy atom. The number of nitrogens with zero attached hydrogens (tertiary/aromatic N) is 3. The number of hydrogen-bond donors (Lipinski definition) is 0. The summed E-state index contributed by atoms with van der Waals surface area (Å²) in [6, 6.07) is 20.9. The van der Waals surface area contributed by atoms with Crippen LogP contribution in [0.15, 0.2) is 72.3 Å². The van der Waals surface area contributed by atoms with Gasteiger partial charge in [0.1, 0.15) is 11.6 Å². The van der Waals surface area contributed by atoms with Crippen LogP contribution in [0, 0.1) is 0 Å². The van der Waals surface area contributed by atoms with Gasteiger partial charge in [-0.25, -0.2) is 4.79 Å². The van der Waals surface area contributed by atoms with Crippen molar-refractivity contribution in [2.75, 3.05) is 31.4 Å². The van der Waals surface area contributed by atoms with Gasteiger partial charge in [-0.2, -0.15) is 0 Å². The Balaban J connectivity index is 0.000000322. The summed E-state index contributed by atoms with van der Waals surface area (Å²) in [6.45, 7) is 9.79. The summed E-state index contributed by atoms with van der Waals surface area (Å²) in [5.74, 6) is 0.964. The molecule has 244 valence electrons. The first kappa shape index (κ1) is 38.3. The van der Waals surface area contributed by atoms with E-state index in [9.17, 15) is 9.59 Å². The van der Waals surface area contributed by atoms with Crippen molar-refractivity contribution in [1.82, 2.24) is 15.1 Å². The summed E-state index contributed by atoms with van der Waals surface area (Å²) in [4.78, 5) is 25.9. The summed E-state index contributed by atoms with van der Waals surface area (Å²) in [7, 11) is 0. The van der Waals surface area contributed by atoms with E-state index < -0.39 is 0 Å². The van der Waals surface area contributed by atoms with E-state index in [0.717, 1.165) is 41.0 Å². The molecule has 45 heavy (non-hydrogen) atoms. The molecule has 1 heterocycles. The van der Waals surface area contributed by atoms with E-state index >= 15 is 0 Å². The van der Waals surface area contributed by atoms with Crippen molar-refractivity contribution < 1.29 is 19.1 Å². The summed E-state index contributed by atoms with van der Waals surface area (Å²) in [6.07, 6.45) is 7.20. The number of carbonyl (C=O) groups excluding carboxylic acids is 2. The Bertz CT molecular complexity index is 1320. The number of carbonyl (C=O) groups is 2. The number of allylic oxidation sites excluding steroid dienone is 1. The molecule has 0 aliphatic heterocycles. The van der Waals surface area contributed by atoms with Crippen molar-refractivity contribution in [1.29, 1.82) is 0 Å². The topological polar surface area (TPSA) is 81.6 Å². The molecule has 3 aromatic rings. The molecule has 10 heteroatoms. The molecule has 0 saturated heterocycles. The molecule has 0 spiro atoms. The Labute approximate surface area is 282 Å². The van der Waals surface area contributed by atoms with Gasteiger partial charge in [0.2, 0.25) is 5.91 Å². The number of halogens is 2. The van der Waals surface area contributed by atoms with Gasteiger partial charge in [0, 0.05) is 36.2 Å². The van der Waals surface area contributed by atoms with Crippen LogP contribution in [0.25, 0.3) is 17.0 Å². The van der Waals surface area contributed by atoms with E-state index in [1.54, 1.807) is 4.90 Å². The van der Waals surface area contributed by atoms with E-state index in [0.29, 0.717) is 31.2 Å². The number of aromatic nitrogens is 2. The molecule has 1 amide bonds. The minimum absolute atomic E-state index is 0.0320. The highest BCUT2D eigenvalue weighted by Gasteiger charge is 2.19. The first-order valence-corrected chi connectivity index (χ1v) is 17.3. The zero-order valence-electron chi connectivity index (χ0n) is 26.8. The van der Waals surface area contributed by atoms with E-state index in [-0.39, 0.29) is 22.2 Å². The number of benzene rings is 2. The number of amides is 1. The van der Waals surface area contributed by atoms with Gasteiger partial charge in [-0.3, -0.25) is 4.79 Å². The average Bonchev–Trinajstić information content (AvgIpc) is 3.04. The van der Waals surface area contributed by atoms with E-state index in [1.165, 1.54) is 43.5 Å². The van der Waals surface area contributed by atoms with Crippen LogP contribution in [-0.4, -0.2) is 57.7 Å². The fourth-order valence-electron chi connectivity index (χ4n) is 4.43. The minimum Gasteiger partial charge on any atom is -0.416 e. The van der Waals surface area contributed by atoms with Crippen molar-refractivity contribution >= 4 is 51.9 Å². The third-order valence-electron chi connectivity index (χ3n) is 6.56. The van der Waals surface area contributed by atoms with E-state index in [2.05, 4.69) is 17.1 Å². The predicted octanol–water partition coefficient (Wildman–Crippen LogP) is 9.93. The second-order valence-electron chi connectivity index (χ2n) is 10.3. The van der Waals surface area contributed by atoms with Crippen LogP contribution in [0.2, 0.25) is 5.15 Å². The van der Waals surface area contributed by atoms with Gasteiger partial charge < -0.3 is 14.4 Å². The fourth-order valence-corrected chi connectivity index (χ4v) is 5.37. The van der Waals surface area contributed by atoms with Gasteiger partial charge in [0.15, 0.2) is 10.9 Å². The van der Waals surface area contributed by atoms with E-state index in [4.69, 9.17) is 32.7 Å². The van der Waals surface area contributed by atoms with Gasteiger partial charge in [0.05, 0.1) is 6.61 Å². The molecule has 0 N–H and O–H groups in total. The van der Waals surface area contributed by atoms with Crippen molar-refractivity contribution in [2.45, 2.75) is 66.2 Å². The molecule has 2 aromatic carbocycles. The Morgan fingerprint density at radius 3 is 2.16 bits per heavy atom. The molecule has 0 saturated carbocycles. The normalized spacial score (nSPS) is 10.4. The number of rotatable bonds is 16. The van der Waals surface area contributed by atoms with Gasteiger partial charge in [-0.1, -0.05) is 117 Å².